The van der Waals surface area contributed by atoms with Gasteiger partial charge < -0.3 is 0 Å². The van der Waals surface area contributed by atoms with Crippen molar-refractivity contribution in [3.8, 4) is 0 Å². The van der Waals surface area contributed by atoms with Crippen LogP contribution in [0, 0.1) is 0 Å². The van der Waals surface area contributed by atoms with Crippen LogP contribution in [0.5, 0.6) is 0 Å². The Morgan fingerprint density at radius 3 is 1.11 bits per heavy atom. The Hall–Kier alpha value is -3.42. The first-order chi connectivity index (χ1) is 21.5. The van der Waals surface area contributed by atoms with Gasteiger partial charge in [-0.2, -0.15) is 0 Å². The second kappa shape index (κ2) is 12.4. The van der Waals surface area contributed by atoms with Gasteiger partial charge in [-0.05, 0) is 115 Å². The van der Waals surface area contributed by atoms with Crippen LogP contribution in [0.4, 0.5) is 0 Å². The van der Waals surface area contributed by atoms with Crippen molar-refractivity contribution in [1.82, 2.24) is 0 Å². The van der Waals surface area contributed by atoms with Gasteiger partial charge in [0, 0.05) is 0 Å². The fourth-order valence-corrected chi connectivity index (χ4v) is 10.3. The van der Waals surface area contributed by atoms with Gasteiger partial charge >= 0.3 is 0 Å². The molecule has 0 nitrogen and oxygen atoms in total. The van der Waals surface area contributed by atoms with E-state index in [4.69, 9.17) is 0 Å². The van der Waals surface area contributed by atoms with E-state index in [1.54, 1.807) is 33.4 Å². The summed E-state index contributed by atoms with van der Waals surface area (Å²) in [7, 11) is 0.743. The van der Waals surface area contributed by atoms with Crippen molar-refractivity contribution in [3.63, 3.8) is 0 Å². The van der Waals surface area contributed by atoms with E-state index in [1.165, 1.54) is 44.5 Å². The Balaban J connectivity index is 1.59. The topological polar surface area (TPSA) is 0 Å². The third-order valence-electron chi connectivity index (χ3n) is 10.3. The van der Waals surface area contributed by atoms with Gasteiger partial charge in [0.05, 0.1) is 9.52 Å². The van der Waals surface area contributed by atoms with Crippen molar-refractivity contribution < 1.29 is 0 Å². The smallest absolute Gasteiger partial charge is 0.0622 e. The summed E-state index contributed by atoms with van der Waals surface area (Å²) < 4.78 is 0. The third-order valence-corrected chi connectivity index (χ3v) is 12.4. The molecule has 0 spiro atoms. The molecule has 0 N–H and O–H groups in total. The second-order valence-electron chi connectivity index (χ2n) is 14.6. The predicted octanol–water partition coefficient (Wildman–Crippen LogP) is 12.3. The van der Waals surface area contributed by atoms with Crippen LogP contribution in [-0.2, 0) is 0 Å². The largest absolute Gasteiger partial charge is 0.0678 e. The molecule has 2 aliphatic carbocycles. The molecule has 0 saturated carbocycles. The van der Waals surface area contributed by atoms with E-state index in [-0.39, 0.29) is 0 Å². The summed E-state index contributed by atoms with van der Waals surface area (Å²) in [6, 6.07) is 32.4. The van der Waals surface area contributed by atoms with Crippen molar-refractivity contribution in [2.24, 2.45) is 0 Å². The molecular weight excluding hydrogens is 557 g/mol. The molecule has 4 aromatic carbocycles. The van der Waals surface area contributed by atoms with Gasteiger partial charge in [-0.25, -0.2) is 0 Å². The molecule has 2 aliphatic rings. The van der Waals surface area contributed by atoms with Gasteiger partial charge in [-0.3, -0.25) is 0 Å². The molecule has 2 atom stereocenters. The summed E-state index contributed by atoms with van der Waals surface area (Å²) in [6.45, 7) is 23.9. The Labute approximate surface area is 275 Å². The maximum atomic E-state index is 2.50. The molecule has 1 heteroatoms. The summed E-state index contributed by atoms with van der Waals surface area (Å²) in [4.78, 5) is 0. The highest BCUT2D eigenvalue weighted by Gasteiger charge is 2.40. The highest BCUT2D eigenvalue weighted by Crippen LogP contribution is 2.54. The van der Waals surface area contributed by atoms with Crippen LogP contribution in [0.2, 0.25) is 0 Å². The van der Waals surface area contributed by atoms with Crippen molar-refractivity contribution in [2.75, 3.05) is 0 Å². The fraction of sp³-hybridized carbons (Fsp3) is 0.364. The number of rotatable bonds is 8. The zero-order valence-corrected chi connectivity index (χ0v) is 30.0. The first-order valence-electron chi connectivity index (χ1n) is 17.1. The lowest BCUT2D eigenvalue weighted by atomic mass is 9.82. The molecule has 2 unspecified atom stereocenters. The summed E-state index contributed by atoms with van der Waals surface area (Å²) >= 11 is 0. The minimum atomic E-state index is 0.407. The first-order valence-corrected chi connectivity index (χ1v) is 18.3. The molecule has 0 bridgehead atoms. The standard InChI is InChI=1S/C44H50Si/c1-25(2)33-21-23-35-41(37(33)27(5)6)39(31-17-13-11-14-18-31)29(9)43(35)45-44-30(10)40(32-19-15-12-16-20-32)42-36(44)24-22-34(26(3)4)38(42)28(7)8/h11-28,43-44H,1-10H3. The Morgan fingerprint density at radius 1 is 0.444 bits per heavy atom. The molecule has 230 valence electrons. The van der Waals surface area contributed by atoms with Crippen molar-refractivity contribution in [3.05, 3.63) is 152 Å². The molecule has 4 aromatic rings. The second-order valence-corrected chi connectivity index (χ2v) is 16.1. The minimum absolute atomic E-state index is 0.407. The number of hydrogen-bond donors (Lipinski definition) is 0. The highest BCUT2D eigenvalue weighted by atomic mass is 28.2. The van der Waals surface area contributed by atoms with E-state index < -0.39 is 0 Å². The number of allylic oxidation sites excluding steroid dienone is 2. The van der Waals surface area contributed by atoms with E-state index >= 15 is 0 Å². The van der Waals surface area contributed by atoms with Crippen LogP contribution in [0.1, 0.15) is 160 Å². The maximum Gasteiger partial charge on any atom is 0.0678 e. The summed E-state index contributed by atoms with van der Waals surface area (Å²) in [5.74, 6) is 1.92. The third kappa shape index (κ3) is 5.32. The Morgan fingerprint density at radius 2 is 0.800 bits per heavy atom. The van der Waals surface area contributed by atoms with Crippen molar-refractivity contribution in [2.45, 2.75) is 104 Å². The van der Waals surface area contributed by atoms with Crippen molar-refractivity contribution in [1.29, 1.82) is 0 Å². The minimum Gasteiger partial charge on any atom is -0.0622 e. The quantitative estimate of drug-likeness (QED) is 0.175. The van der Waals surface area contributed by atoms with E-state index in [0.717, 1.165) is 9.52 Å². The highest BCUT2D eigenvalue weighted by molar-refractivity contribution is 6.44. The molecule has 2 radical (unpaired) electrons. The lowest BCUT2D eigenvalue weighted by Gasteiger charge is -2.25. The first kappa shape index (κ1) is 31.6. The van der Waals surface area contributed by atoms with Crippen molar-refractivity contribution >= 4 is 20.7 Å². The lowest BCUT2D eigenvalue weighted by Crippen LogP contribution is -2.18. The number of benzene rings is 4. The zero-order chi connectivity index (χ0) is 32.2. The molecule has 0 amide bonds. The van der Waals surface area contributed by atoms with Crippen LogP contribution in [0.15, 0.2) is 96.1 Å². The molecule has 45 heavy (non-hydrogen) atoms. The van der Waals surface area contributed by atoms with Gasteiger partial charge in [0.15, 0.2) is 0 Å². The fourth-order valence-electron chi connectivity index (χ4n) is 8.29. The van der Waals surface area contributed by atoms with Gasteiger partial charge in [-0.15, -0.1) is 0 Å². The summed E-state index contributed by atoms with van der Waals surface area (Å²) in [5.41, 5.74) is 21.9. The molecule has 6 rings (SSSR count). The van der Waals surface area contributed by atoms with E-state index in [2.05, 4.69) is 154 Å². The van der Waals surface area contributed by atoms with Crippen LogP contribution < -0.4 is 0 Å². The number of fused-ring (bicyclic) bond motifs is 2. The van der Waals surface area contributed by atoms with E-state index in [1.807, 2.05) is 0 Å². The van der Waals surface area contributed by atoms with Gasteiger partial charge in [0.1, 0.15) is 0 Å². The SMILES string of the molecule is CC1=C(c2ccccc2)c2c(ccc(C(C)C)c2C(C)C)C1[Si]C1C(C)=C(c2ccccc2)c2c1ccc(C(C)C)c2C(C)C. The average Bonchev–Trinajstić information content (AvgIpc) is 3.46. The van der Waals surface area contributed by atoms with Gasteiger partial charge in [0.2, 0.25) is 0 Å². The van der Waals surface area contributed by atoms with Crippen LogP contribution >= 0.6 is 0 Å². The number of hydrogen-bond acceptors (Lipinski definition) is 0. The maximum absolute atomic E-state index is 2.50. The lowest BCUT2D eigenvalue weighted by molar-refractivity contribution is 0.785. The molecule has 0 saturated heterocycles. The van der Waals surface area contributed by atoms with Crippen LogP contribution in [0.3, 0.4) is 0 Å². The molecular formula is C44H50Si. The summed E-state index contributed by atoms with van der Waals surface area (Å²) in [6.07, 6.45) is 0. The molecule has 0 heterocycles. The molecule has 0 aliphatic heterocycles. The zero-order valence-electron chi connectivity index (χ0n) is 29.0. The summed E-state index contributed by atoms with van der Waals surface area (Å²) in [5, 5.41) is 0. The van der Waals surface area contributed by atoms with Crippen LogP contribution in [-0.4, -0.2) is 9.52 Å². The van der Waals surface area contributed by atoms with Gasteiger partial charge in [0.25, 0.3) is 0 Å². The monoisotopic (exact) mass is 606 g/mol. The van der Waals surface area contributed by atoms with E-state index in [9.17, 15) is 0 Å². The van der Waals surface area contributed by atoms with E-state index in [0.29, 0.717) is 34.8 Å². The van der Waals surface area contributed by atoms with Gasteiger partial charge in [-0.1, -0.05) is 151 Å². The normalized spacial score (nSPS) is 17.8. The average molecular weight is 607 g/mol. The molecule has 0 aromatic heterocycles. The Bertz CT molecular complexity index is 1650. The van der Waals surface area contributed by atoms with Crippen LogP contribution in [0.25, 0.3) is 11.1 Å². The molecule has 0 fully saturated rings. The Kier molecular flexibility index (Phi) is 8.70. The predicted molar refractivity (Wildman–Crippen MR) is 197 cm³/mol.